The van der Waals surface area contributed by atoms with Crippen molar-refractivity contribution in [1.82, 2.24) is 0 Å². The van der Waals surface area contributed by atoms with Crippen molar-refractivity contribution in [2.75, 3.05) is 0 Å². The first-order valence-electron chi connectivity index (χ1n) is 6.51. The van der Waals surface area contributed by atoms with Crippen LogP contribution < -0.4 is 0 Å². The summed E-state index contributed by atoms with van der Waals surface area (Å²) in [6.07, 6.45) is 9.52. The summed E-state index contributed by atoms with van der Waals surface area (Å²) >= 11 is 6.34. The van der Waals surface area contributed by atoms with E-state index in [-0.39, 0.29) is 5.56 Å². The molecule has 2 atom stereocenters. The van der Waals surface area contributed by atoms with E-state index in [9.17, 15) is 0 Å². The number of alkyl halides is 1. The van der Waals surface area contributed by atoms with Crippen LogP contribution in [0.3, 0.4) is 0 Å². The van der Waals surface area contributed by atoms with Gasteiger partial charge in [-0.2, -0.15) is 0 Å². The molecule has 1 nitrogen and oxygen atoms in total. The monoisotopic (exact) mass is 230 g/mol. The maximum absolute atomic E-state index is 6.34. The van der Waals surface area contributed by atoms with Crippen LogP contribution in [0.15, 0.2) is 0 Å². The van der Waals surface area contributed by atoms with E-state index in [1.165, 1.54) is 32.1 Å². The van der Waals surface area contributed by atoms with E-state index in [0.717, 1.165) is 12.8 Å². The molecule has 2 aliphatic carbocycles. The number of ether oxygens (including phenoxy) is 1. The molecule has 0 aromatic carbocycles. The lowest BCUT2D eigenvalue weighted by Gasteiger charge is -2.56. The fourth-order valence-electron chi connectivity index (χ4n) is 3.01. The highest BCUT2D eigenvalue weighted by molar-refractivity contribution is 6.19. The van der Waals surface area contributed by atoms with Crippen LogP contribution in [0.4, 0.5) is 0 Å². The molecule has 0 amide bonds. The number of hydrogen-bond acceptors (Lipinski definition) is 1. The van der Waals surface area contributed by atoms with E-state index in [4.69, 9.17) is 16.3 Å². The summed E-state index contributed by atoms with van der Waals surface area (Å²) in [4.78, 5) is 0. The molecule has 0 N–H and O–H groups in total. The SMILES string of the molecule is CCC(CC)C(Cl)OC1CCC12CCC2. The van der Waals surface area contributed by atoms with Crippen molar-refractivity contribution < 1.29 is 4.74 Å². The zero-order chi connectivity index (χ0) is 10.9. The molecule has 2 rings (SSSR count). The number of halogens is 1. The smallest absolute Gasteiger partial charge is 0.134 e. The molecule has 0 bridgehead atoms. The Morgan fingerprint density at radius 3 is 2.27 bits per heavy atom. The third-order valence-corrected chi connectivity index (χ3v) is 5.11. The third kappa shape index (κ3) is 2.06. The maximum Gasteiger partial charge on any atom is 0.134 e. The topological polar surface area (TPSA) is 9.23 Å². The molecule has 2 aliphatic rings. The van der Waals surface area contributed by atoms with Gasteiger partial charge < -0.3 is 4.74 Å². The van der Waals surface area contributed by atoms with Crippen molar-refractivity contribution in [2.24, 2.45) is 11.3 Å². The van der Waals surface area contributed by atoms with Gasteiger partial charge >= 0.3 is 0 Å². The Hall–Kier alpha value is 0.250. The molecule has 1 spiro atoms. The van der Waals surface area contributed by atoms with Crippen LogP contribution in [0.5, 0.6) is 0 Å². The molecule has 0 aromatic heterocycles. The summed E-state index contributed by atoms with van der Waals surface area (Å²) in [6.45, 7) is 4.40. The van der Waals surface area contributed by atoms with E-state index in [1.54, 1.807) is 0 Å². The molecule has 0 radical (unpaired) electrons. The second-order valence-electron chi connectivity index (χ2n) is 5.31. The van der Waals surface area contributed by atoms with Gasteiger partial charge in [0.05, 0.1) is 6.10 Å². The van der Waals surface area contributed by atoms with Crippen LogP contribution in [0.1, 0.15) is 58.8 Å². The molecule has 2 heteroatoms. The summed E-state index contributed by atoms with van der Waals surface area (Å²) in [5.41, 5.74) is 0.516. The van der Waals surface area contributed by atoms with Crippen molar-refractivity contribution >= 4 is 11.6 Å². The normalized spacial score (nSPS) is 30.0. The van der Waals surface area contributed by atoms with Gasteiger partial charge in [-0.05, 0) is 49.9 Å². The quantitative estimate of drug-likeness (QED) is 0.639. The van der Waals surface area contributed by atoms with E-state index in [2.05, 4.69) is 13.8 Å². The first kappa shape index (κ1) is 11.7. The third-order valence-electron chi connectivity index (χ3n) is 4.65. The average molecular weight is 231 g/mol. The zero-order valence-corrected chi connectivity index (χ0v) is 10.7. The van der Waals surface area contributed by atoms with Crippen molar-refractivity contribution in [3.05, 3.63) is 0 Å². The van der Waals surface area contributed by atoms with Crippen LogP contribution in [0.2, 0.25) is 0 Å². The number of rotatable bonds is 5. The van der Waals surface area contributed by atoms with Gasteiger partial charge in [0, 0.05) is 0 Å². The molecular weight excluding hydrogens is 208 g/mol. The van der Waals surface area contributed by atoms with Gasteiger partial charge in [0.2, 0.25) is 0 Å². The fourth-order valence-corrected chi connectivity index (χ4v) is 3.49. The lowest BCUT2D eigenvalue weighted by Crippen LogP contribution is -2.52. The average Bonchev–Trinajstić information content (AvgIpc) is 2.12. The largest absolute Gasteiger partial charge is 0.358 e. The Labute approximate surface area is 98.5 Å². The molecular formula is C13H23ClO. The Morgan fingerprint density at radius 2 is 1.93 bits per heavy atom. The van der Waals surface area contributed by atoms with Crippen LogP contribution in [0, 0.1) is 11.3 Å². The van der Waals surface area contributed by atoms with Crippen molar-refractivity contribution in [2.45, 2.75) is 70.5 Å². The molecule has 2 unspecified atom stereocenters. The van der Waals surface area contributed by atoms with Gasteiger partial charge in [-0.3, -0.25) is 0 Å². The molecule has 2 fully saturated rings. The van der Waals surface area contributed by atoms with Crippen LogP contribution in [0.25, 0.3) is 0 Å². The lowest BCUT2D eigenvalue weighted by atomic mass is 9.54. The molecule has 15 heavy (non-hydrogen) atoms. The lowest BCUT2D eigenvalue weighted by molar-refractivity contribution is -0.168. The molecule has 88 valence electrons. The minimum absolute atomic E-state index is 0.0530. The highest BCUT2D eigenvalue weighted by Crippen LogP contribution is 2.57. The van der Waals surface area contributed by atoms with Crippen LogP contribution in [-0.4, -0.2) is 11.7 Å². The molecule has 0 aromatic rings. The first-order valence-corrected chi connectivity index (χ1v) is 6.95. The molecule has 0 aliphatic heterocycles. The Morgan fingerprint density at radius 1 is 1.27 bits per heavy atom. The molecule has 0 saturated heterocycles. The Balaban J connectivity index is 1.81. The van der Waals surface area contributed by atoms with Crippen molar-refractivity contribution in [3.63, 3.8) is 0 Å². The predicted molar refractivity (Wildman–Crippen MR) is 64.1 cm³/mol. The van der Waals surface area contributed by atoms with E-state index >= 15 is 0 Å². The standard InChI is InChI=1S/C13H23ClO/c1-3-10(4-2)12(14)15-11-6-9-13(11)7-5-8-13/h10-12H,3-9H2,1-2H3. The van der Waals surface area contributed by atoms with Crippen molar-refractivity contribution in [3.8, 4) is 0 Å². The van der Waals surface area contributed by atoms with Gasteiger partial charge in [-0.1, -0.05) is 31.9 Å². The van der Waals surface area contributed by atoms with E-state index in [0.29, 0.717) is 17.4 Å². The maximum atomic E-state index is 6.34. The minimum Gasteiger partial charge on any atom is -0.358 e. The highest BCUT2D eigenvalue weighted by Gasteiger charge is 2.52. The summed E-state index contributed by atoms with van der Waals surface area (Å²) < 4.78 is 6.05. The molecule has 0 heterocycles. The van der Waals surface area contributed by atoms with Gasteiger partial charge in [-0.15, -0.1) is 0 Å². The Bertz CT molecular complexity index is 203. The Kier molecular flexibility index (Phi) is 3.62. The van der Waals surface area contributed by atoms with Crippen LogP contribution in [-0.2, 0) is 4.74 Å². The summed E-state index contributed by atoms with van der Waals surface area (Å²) in [5.74, 6) is 0.532. The second-order valence-corrected chi connectivity index (χ2v) is 5.74. The van der Waals surface area contributed by atoms with Crippen LogP contribution >= 0.6 is 11.6 Å². The fraction of sp³-hybridized carbons (Fsp3) is 1.00. The predicted octanol–water partition coefficient (Wildman–Crippen LogP) is 4.34. The zero-order valence-electron chi connectivity index (χ0n) is 9.97. The summed E-state index contributed by atoms with van der Waals surface area (Å²) in [6, 6.07) is 0. The second kappa shape index (κ2) is 4.63. The summed E-state index contributed by atoms with van der Waals surface area (Å²) in [5, 5.41) is 0. The van der Waals surface area contributed by atoms with E-state index < -0.39 is 0 Å². The highest BCUT2D eigenvalue weighted by atomic mass is 35.5. The van der Waals surface area contributed by atoms with Gasteiger partial charge in [-0.25, -0.2) is 0 Å². The van der Waals surface area contributed by atoms with Gasteiger partial charge in [0.1, 0.15) is 5.56 Å². The molecule has 2 saturated carbocycles. The minimum atomic E-state index is -0.0530. The van der Waals surface area contributed by atoms with Crippen molar-refractivity contribution in [1.29, 1.82) is 0 Å². The van der Waals surface area contributed by atoms with Gasteiger partial charge in [0.25, 0.3) is 0 Å². The number of hydrogen-bond donors (Lipinski definition) is 0. The first-order chi connectivity index (χ1) is 7.22. The van der Waals surface area contributed by atoms with Gasteiger partial charge in [0.15, 0.2) is 0 Å². The van der Waals surface area contributed by atoms with E-state index in [1.807, 2.05) is 0 Å². The summed E-state index contributed by atoms with van der Waals surface area (Å²) in [7, 11) is 0.